The van der Waals surface area contributed by atoms with Crippen LogP contribution in [0.5, 0.6) is 5.75 Å². The summed E-state index contributed by atoms with van der Waals surface area (Å²) in [6, 6.07) is 15.4. The number of nitrogens with one attached hydrogen (secondary N) is 2. The SMILES string of the molecule is CCNc1ccc(NCc2ccc(O)cc2)cc1. The Balaban J connectivity index is 1.91. The van der Waals surface area contributed by atoms with Gasteiger partial charge < -0.3 is 15.7 Å². The van der Waals surface area contributed by atoms with Crippen LogP contribution in [0, 0.1) is 0 Å². The summed E-state index contributed by atoms with van der Waals surface area (Å²) in [6.45, 7) is 3.76. The lowest BCUT2D eigenvalue weighted by Gasteiger charge is -2.08. The van der Waals surface area contributed by atoms with Crippen molar-refractivity contribution in [1.29, 1.82) is 0 Å². The molecule has 0 unspecified atom stereocenters. The molecule has 0 saturated carbocycles. The second-order valence-corrected chi connectivity index (χ2v) is 4.13. The third-order valence-electron chi connectivity index (χ3n) is 2.70. The van der Waals surface area contributed by atoms with Crippen molar-refractivity contribution in [2.75, 3.05) is 17.2 Å². The summed E-state index contributed by atoms with van der Waals surface area (Å²) in [5, 5.41) is 15.8. The Kier molecular flexibility index (Phi) is 4.07. The first-order chi connectivity index (χ1) is 8.78. The van der Waals surface area contributed by atoms with Crippen LogP contribution in [0.2, 0.25) is 0 Å². The highest BCUT2D eigenvalue weighted by Gasteiger charge is 1.95. The van der Waals surface area contributed by atoms with E-state index in [4.69, 9.17) is 0 Å². The van der Waals surface area contributed by atoms with Crippen molar-refractivity contribution < 1.29 is 5.11 Å². The minimum atomic E-state index is 0.300. The van der Waals surface area contributed by atoms with E-state index < -0.39 is 0 Å². The number of hydrogen-bond donors (Lipinski definition) is 3. The molecule has 3 N–H and O–H groups in total. The molecule has 2 aromatic carbocycles. The van der Waals surface area contributed by atoms with Gasteiger partial charge in [-0.2, -0.15) is 0 Å². The summed E-state index contributed by atoms with van der Waals surface area (Å²) < 4.78 is 0. The molecule has 0 fully saturated rings. The van der Waals surface area contributed by atoms with Crippen LogP contribution >= 0.6 is 0 Å². The second-order valence-electron chi connectivity index (χ2n) is 4.13. The highest BCUT2D eigenvalue weighted by atomic mass is 16.3. The fraction of sp³-hybridized carbons (Fsp3) is 0.200. The summed E-state index contributed by atoms with van der Waals surface area (Å²) in [5.41, 5.74) is 3.36. The minimum Gasteiger partial charge on any atom is -0.508 e. The van der Waals surface area contributed by atoms with Gasteiger partial charge in [0.1, 0.15) is 5.75 Å². The maximum Gasteiger partial charge on any atom is 0.115 e. The van der Waals surface area contributed by atoms with E-state index in [1.54, 1.807) is 12.1 Å². The molecule has 0 amide bonds. The van der Waals surface area contributed by atoms with Crippen LogP contribution in [0.25, 0.3) is 0 Å². The zero-order chi connectivity index (χ0) is 12.8. The standard InChI is InChI=1S/C15H18N2O/c1-2-16-13-5-7-14(8-6-13)17-11-12-3-9-15(18)10-4-12/h3-10,16-18H,2,11H2,1H3. The van der Waals surface area contributed by atoms with Gasteiger partial charge in [0.05, 0.1) is 0 Å². The molecule has 0 saturated heterocycles. The normalized spacial score (nSPS) is 10.1. The van der Waals surface area contributed by atoms with Crippen LogP contribution in [-0.2, 0) is 6.54 Å². The summed E-state index contributed by atoms with van der Waals surface area (Å²) >= 11 is 0. The van der Waals surface area contributed by atoms with Gasteiger partial charge in [0.2, 0.25) is 0 Å². The summed E-state index contributed by atoms with van der Waals surface area (Å²) in [5.74, 6) is 0.300. The van der Waals surface area contributed by atoms with Crippen molar-refractivity contribution in [1.82, 2.24) is 0 Å². The molecule has 3 heteroatoms. The fourth-order valence-corrected chi connectivity index (χ4v) is 1.73. The van der Waals surface area contributed by atoms with Crippen molar-refractivity contribution in [3.63, 3.8) is 0 Å². The van der Waals surface area contributed by atoms with E-state index in [0.29, 0.717) is 5.75 Å². The molecule has 0 bridgehead atoms. The van der Waals surface area contributed by atoms with Crippen LogP contribution < -0.4 is 10.6 Å². The number of aromatic hydroxyl groups is 1. The largest absolute Gasteiger partial charge is 0.508 e. The van der Waals surface area contributed by atoms with E-state index in [1.165, 1.54) is 0 Å². The first-order valence-electron chi connectivity index (χ1n) is 6.13. The summed E-state index contributed by atoms with van der Waals surface area (Å²) in [7, 11) is 0. The Hall–Kier alpha value is -2.16. The van der Waals surface area contributed by atoms with Gasteiger partial charge in [0.15, 0.2) is 0 Å². The minimum absolute atomic E-state index is 0.300. The Bertz CT molecular complexity index is 477. The zero-order valence-electron chi connectivity index (χ0n) is 10.5. The summed E-state index contributed by atoms with van der Waals surface area (Å²) in [6.07, 6.45) is 0. The lowest BCUT2D eigenvalue weighted by atomic mass is 10.2. The molecule has 0 aliphatic heterocycles. The smallest absolute Gasteiger partial charge is 0.115 e. The topological polar surface area (TPSA) is 44.3 Å². The molecule has 2 rings (SSSR count). The number of phenols is 1. The molecule has 0 aromatic heterocycles. The molecule has 3 nitrogen and oxygen atoms in total. The van der Waals surface area contributed by atoms with E-state index in [2.05, 4.69) is 41.8 Å². The molecule has 2 aromatic rings. The lowest BCUT2D eigenvalue weighted by Crippen LogP contribution is -2.00. The molecule has 18 heavy (non-hydrogen) atoms. The van der Waals surface area contributed by atoms with Gasteiger partial charge in [-0.3, -0.25) is 0 Å². The summed E-state index contributed by atoms with van der Waals surface area (Å²) in [4.78, 5) is 0. The van der Waals surface area contributed by atoms with E-state index in [0.717, 1.165) is 30.0 Å². The molecule has 0 heterocycles. The molecular weight excluding hydrogens is 224 g/mol. The van der Waals surface area contributed by atoms with Gasteiger partial charge in [0.25, 0.3) is 0 Å². The van der Waals surface area contributed by atoms with E-state index >= 15 is 0 Å². The number of rotatable bonds is 5. The third-order valence-corrected chi connectivity index (χ3v) is 2.70. The van der Waals surface area contributed by atoms with Crippen molar-refractivity contribution in [2.45, 2.75) is 13.5 Å². The lowest BCUT2D eigenvalue weighted by molar-refractivity contribution is 0.475. The van der Waals surface area contributed by atoms with Crippen molar-refractivity contribution in [3.05, 3.63) is 54.1 Å². The Labute approximate surface area is 107 Å². The molecule has 0 atom stereocenters. The Morgan fingerprint density at radius 3 is 1.94 bits per heavy atom. The average molecular weight is 242 g/mol. The van der Waals surface area contributed by atoms with Crippen molar-refractivity contribution >= 4 is 11.4 Å². The van der Waals surface area contributed by atoms with E-state index in [1.807, 2.05) is 12.1 Å². The van der Waals surface area contributed by atoms with Crippen LogP contribution in [0.1, 0.15) is 12.5 Å². The molecule has 0 spiro atoms. The van der Waals surface area contributed by atoms with Crippen LogP contribution in [-0.4, -0.2) is 11.7 Å². The van der Waals surface area contributed by atoms with E-state index in [9.17, 15) is 5.11 Å². The molecule has 0 aliphatic rings. The van der Waals surface area contributed by atoms with Gasteiger partial charge in [-0.1, -0.05) is 12.1 Å². The maximum atomic E-state index is 9.20. The monoisotopic (exact) mass is 242 g/mol. The molecule has 0 radical (unpaired) electrons. The van der Waals surface area contributed by atoms with Crippen LogP contribution in [0.15, 0.2) is 48.5 Å². The first-order valence-corrected chi connectivity index (χ1v) is 6.13. The average Bonchev–Trinajstić information content (AvgIpc) is 2.40. The molecule has 0 aliphatic carbocycles. The quantitative estimate of drug-likeness (QED) is 0.752. The number of benzene rings is 2. The predicted molar refractivity (Wildman–Crippen MR) is 76.0 cm³/mol. The zero-order valence-corrected chi connectivity index (χ0v) is 10.5. The molecule has 94 valence electrons. The Morgan fingerprint density at radius 2 is 1.39 bits per heavy atom. The van der Waals surface area contributed by atoms with Gasteiger partial charge in [-0.15, -0.1) is 0 Å². The first kappa shape index (κ1) is 12.3. The number of anilines is 2. The fourth-order valence-electron chi connectivity index (χ4n) is 1.73. The second kappa shape index (κ2) is 5.96. The van der Waals surface area contributed by atoms with Crippen LogP contribution in [0.3, 0.4) is 0 Å². The highest BCUT2D eigenvalue weighted by Crippen LogP contribution is 2.15. The predicted octanol–water partition coefficient (Wildman–Crippen LogP) is 3.44. The number of phenolic OH excluding ortho intramolecular Hbond substituents is 1. The van der Waals surface area contributed by atoms with Crippen molar-refractivity contribution in [3.8, 4) is 5.75 Å². The van der Waals surface area contributed by atoms with Gasteiger partial charge in [-0.05, 0) is 48.9 Å². The van der Waals surface area contributed by atoms with Gasteiger partial charge in [-0.25, -0.2) is 0 Å². The van der Waals surface area contributed by atoms with Crippen molar-refractivity contribution in [2.24, 2.45) is 0 Å². The Morgan fingerprint density at radius 1 is 0.833 bits per heavy atom. The van der Waals surface area contributed by atoms with E-state index in [-0.39, 0.29) is 0 Å². The molecular formula is C15H18N2O. The maximum absolute atomic E-state index is 9.20. The van der Waals surface area contributed by atoms with Gasteiger partial charge in [0, 0.05) is 24.5 Å². The third kappa shape index (κ3) is 3.42. The van der Waals surface area contributed by atoms with Crippen LogP contribution in [0.4, 0.5) is 11.4 Å². The van der Waals surface area contributed by atoms with Gasteiger partial charge >= 0.3 is 0 Å². The highest BCUT2D eigenvalue weighted by molar-refractivity contribution is 5.53. The number of hydrogen-bond acceptors (Lipinski definition) is 3.